The summed E-state index contributed by atoms with van der Waals surface area (Å²) >= 11 is 1.87. The van der Waals surface area contributed by atoms with Crippen molar-refractivity contribution in [2.24, 2.45) is 0 Å². The summed E-state index contributed by atoms with van der Waals surface area (Å²) in [5.41, 5.74) is 6.98. The fraction of sp³-hybridized carbons (Fsp3) is 0.111. The van der Waals surface area contributed by atoms with Crippen LogP contribution in [0.1, 0.15) is 25.3 Å². The number of thiophene rings is 1. The van der Waals surface area contributed by atoms with E-state index >= 15 is 0 Å². The largest absolute Gasteiger partial charge is 0.274 e. The second kappa shape index (κ2) is 9.29. The van der Waals surface area contributed by atoms with Crippen molar-refractivity contribution in [1.82, 2.24) is 14.6 Å². The Labute approximate surface area is 236 Å². The molecule has 0 saturated carbocycles. The molecule has 3 aromatic heterocycles. The van der Waals surface area contributed by atoms with Crippen LogP contribution >= 0.6 is 11.3 Å². The molecule has 0 fully saturated rings. The lowest BCUT2D eigenvalue weighted by molar-refractivity contribution is 0.796. The number of unbranched alkanes of at least 4 members (excludes halogenated alkanes) is 1. The zero-order chi connectivity index (χ0) is 26.6. The molecule has 3 nitrogen and oxygen atoms in total. The first kappa shape index (κ1) is 23.4. The first-order valence-corrected chi connectivity index (χ1v) is 14.8. The summed E-state index contributed by atoms with van der Waals surface area (Å²) in [5.74, 6) is 0.874. The van der Waals surface area contributed by atoms with Gasteiger partial charge in [-0.3, -0.25) is 4.40 Å². The highest BCUT2D eigenvalue weighted by atomic mass is 32.1. The first-order chi connectivity index (χ1) is 19.8. The molecule has 8 aromatic rings. The van der Waals surface area contributed by atoms with Crippen LogP contribution in [0.2, 0.25) is 0 Å². The number of rotatable bonds is 5. The number of aryl methyl sites for hydroxylation is 1. The second-order valence-electron chi connectivity index (χ2n) is 10.5. The second-order valence-corrected chi connectivity index (χ2v) is 11.6. The lowest BCUT2D eigenvalue weighted by Crippen LogP contribution is -1.96. The van der Waals surface area contributed by atoms with Crippen LogP contribution < -0.4 is 0 Å². The normalized spacial score (nSPS) is 11.9. The van der Waals surface area contributed by atoms with Crippen LogP contribution in [0.5, 0.6) is 0 Å². The quantitative estimate of drug-likeness (QED) is 0.206. The van der Waals surface area contributed by atoms with Gasteiger partial charge in [-0.05, 0) is 53.1 Å². The minimum Gasteiger partial charge on any atom is -0.274 e. The Hall–Kier alpha value is -4.54. The van der Waals surface area contributed by atoms with Crippen molar-refractivity contribution < 1.29 is 0 Å². The number of fused-ring (bicyclic) bond motifs is 9. The molecule has 0 saturated heterocycles. The minimum absolute atomic E-state index is 0.874. The summed E-state index contributed by atoms with van der Waals surface area (Å²) in [4.78, 5) is 0. The van der Waals surface area contributed by atoms with Crippen molar-refractivity contribution in [3.63, 3.8) is 0 Å². The average molecular weight is 534 g/mol. The summed E-state index contributed by atoms with van der Waals surface area (Å²) < 4.78 is 4.90. The molecule has 0 spiro atoms. The van der Waals surface area contributed by atoms with Gasteiger partial charge in [0.2, 0.25) is 0 Å². The highest BCUT2D eigenvalue weighted by Crippen LogP contribution is 2.40. The van der Waals surface area contributed by atoms with Gasteiger partial charge in [-0.15, -0.1) is 21.5 Å². The predicted molar refractivity (Wildman–Crippen MR) is 170 cm³/mol. The maximum Gasteiger partial charge on any atom is 0.169 e. The van der Waals surface area contributed by atoms with E-state index in [2.05, 4.69) is 121 Å². The predicted octanol–water partition coefficient (Wildman–Crippen LogP) is 10.1. The van der Waals surface area contributed by atoms with Crippen LogP contribution in [0.25, 0.3) is 70.0 Å². The SMILES string of the molecule is CCCCc1ccc2c(c1)c1ccccc1c1nnc(-c3ccc(-c4cccc5c4sc4ccccc45)cc3)n21. The van der Waals surface area contributed by atoms with Gasteiger partial charge in [0.15, 0.2) is 11.5 Å². The number of benzene rings is 5. The monoisotopic (exact) mass is 533 g/mol. The molecule has 4 heteroatoms. The molecule has 5 aromatic carbocycles. The van der Waals surface area contributed by atoms with Crippen LogP contribution in [-0.2, 0) is 6.42 Å². The van der Waals surface area contributed by atoms with E-state index in [1.807, 2.05) is 11.3 Å². The molecule has 0 unspecified atom stereocenters. The van der Waals surface area contributed by atoms with Gasteiger partial charge in [0.25, 0.3) is 0 Å². The Bertz CT molecular complexity index is 2200. The smallest absolute Gasteiger partial charge is 0.169 e. The van der Waals surface area contributed by atoms with E-state index in [9.17, 15) is 0 Å². The van der Waals surface area contributed by atoms with E-state index in [1.54, 1.807) is 0 Å². The molecule has 192 valence electrons. The summed E-state index contributed by atoms with van der Waals surface area (Å²) in [6.07, 6.45) is 3.49. The molecule has 40 heavy (non-hydrogen) atoms. The van der Waals surface area contributed by atoms with Crippen molar-refractivity contribution in [3.05, 3.63) is 115 Å². The van der Waals surface area contributed by atoms with Crippen molar-refractivity contribution in [1.29, 1.82) is 0 Å². The molecule has 8 rings (SSSR count). The summed E-state index contributed by atoms with van der Waals surface area (Å²) in [5, 5.41) is 15.7. The van der Waals surface area contributed by atoms with Gasteiger partial charge in [0, 0.05) is 36.5 Å². The van der Waals surface area contributed by atoms with E-state index in [0.29, 0.717) is 0 Å². The van der Waals surface area contributed by atoms with Crippen molar-refractivity contribution >= 4 is 58.8 Å². The van der Waals surface area contributed by atoms with Crippen LogP contribution in [0.3, 0.4) is 0 Å². The van der Waals surface area contributed by atoms with Crippen molar-refractivity contribution in [2.45, 2.75) is 26.2 Å². The zero-order valence-electron chi connectivity index (χ0n) is 22.3. The molecule has 0 atom stereocenters. The van der Waals surface area contributed by atoms with E-state index in [4.69, 9.17) is 10.2 Å². The van der Waals surface area contributed by atoms with Crippen molar-refractivity contribution in [3.8, 4) is 22.5 Å². The zero-order valence-corrected chi connectivity index (χ0v) is 23.1. The Balaban J connectivity index is 1.29. The van der Waals surface area contributed by atoms with E-state index in [-0.39, 0.29) is 0 Å². The lowest BCUT2D eigenvalue weighted by atomic mass is 10.0. The molecule has 0 bridgehead atoms. The lowest BCUT2D eigenvalue weighted by Gasteiger charge is -2.12. The molecule has 0 amide bonds. The van der Waals surface area contributed by atoms with E-state index in [1.165, 1.54) is 60.5 Å². The number of hydrogen-bond donors (Lipinski definition) is 0. The van der Waals surface area contributed by atoms with Gasteiger partial charge >= 0.3 is 0 Å². The first-order valence-electron chi connectivity index (χ1n) is 14.0. The molecule has 3 heterocycles. The molecule has 0 N–H and O–H groups in total. The van der Waals surface area contributed by atoms with Gasteiger partial charge in [0.05, 0.1) is 5.52 Å². The van der Waals surface area contributed by atoms with Crippen LogP contribution in [0.4, 0.5) is 0 Å². The topological polar surface area (TPSA) is 30.2 Å². The Morgan fingerprint density at radius 2 is 1.40 bits per heavy atom. The number of nitrogens with zero attached hydrogens (tertiary/aromatic N) is 3. The molecular formula is C36H27N3S. The van der Waals surface area contributed by atoms with Gasteiger partial charge in [-0.2, -0.15) is 0 Å². The van der Waals surface area contributed by atoms with Crippen molar-refractivity contribution in [2.75, 3.05) is 0 Å². The average Bonchev–Trinajstić information content (AvgIpc) is 3.63. The third-order valence-electron chi connectivity index (χ3n) is 8.10. The van der Waals surface area contributed by atoms with Gasteiger partial charge in [0.1, 0.15) is 0 Å². The number of aromatic nitrogens is 3. The molecule has 0 radical (unpaired) electrons. The fourth-order valence-corrected chi connectivity index (χ4v) is 7.33. The maximum atomic E-state index is 4.73. The van der Waals surface area contributed by atoms with E-state index in [0.717, 1.165) is 34.4 Å². The summed E-state index contributed by atoms with van der Waals surface area (Å²) in [6.45, 7) is 2.25. The molecule has 0 aliphatic heterocycles. The van der Waals surface area contributed by atoms with Gasteiger partial charge < -0.3 is 0 Å². The Morgan fingerprint density at radius 3 is 2.25 bits per heavy atom. The molecular weight excluding hydrogens is 506 g/mol. The minimum atomic E-state index is 0.874. The number of pyridine rings is 1. The maximum absolute atomic E-state index is 4.73. The molecule has 0 aliphatic rings. The summed E-state index contributed by atoms with van der Waals surface area (Å²) in [6, 6.07) is 39.6. The van der Waals surface area contributed by atoms with Crippen LogP contribution in [0, 0.1) is 0 Å². The third kappa shape index (κ3) is 3.56. The van der Waals surface area contributed by atoms with E-state index < -0.39 is 0 Å². The highest BCUT2D eigenvalue weighted by molar-refractivity contribution is 7.26. The Kier molecular flexibility index (Phi) is 5.42. The Morgan fingerprint density at radius 1 is 0.650 bits per heavy atom. The molecule has 0 aliphatic carbocycles. The van der Waals surface area contributed by atoms with Crippen LogP contribution in [0.15, 0.2) is 109 Å². The highest BCUT2D eigenvalue weighted by Gasteiger charge is 2.17. The van der Waals surface area contributed by atoms with Gasteiger partial charge in [-0.1, -0.05) is 104 Å². The summed E-state index contributed by atoms with van der Waals surface area (Å²) in [7, 11) is 0. The fourth-order valence-electron chi connectivity index (χ4n) is 6.09. The standard InChI is InChI=1S/C36H27N3S/c1-2-3-9-23-16-21-32-31(22-23)27-10-4-5-12-30(27)36-38-37-35(39(32)36)25-19-17-24(18-20-25)26-13-8-14-29-28-11-6-7-15-33(28)40-34(26)29/h4-8,10-22H,2-3,9H2,1H3. The van der Waals surface area contributed by atoms with Gasteiger partial charge in [-0.25, -0.2) is 0 Å². The number of hydrogen-bond acceptors (Lipinski definition) is 3. The third-order valence-corrected chi connectivity index (χ3v) is 9.32. The van der Waals surface area contributed by atoms with Crippen LogP contribution in [-0.4, -0.2) is 14.6 Å².